The number of carbonyl (C=O) groups is 1. The number of ether oxygens (including phenoxy) is 3. The summed E-state index contributed by atoms with van der Waals surface area (Å²) in [5, 5.41) is 0. The number of fused-ring (bicyclic) bond motifs is 1. The number of amides is 1. The smallest absolute Gasteiger partial charge is 0.264 e. The molecule has 0 atom stereocenters. The Bertz CT molecular complexity index is 1100. The molecule has 3 aromatic rings. The van der Waals surface area contributed by atoms with Gasteiger partial charge in [-0.2, -0.15) is 0 Å². The fourth-order valence-electron chi connectivity index (χ4n) is 4.11. The molecule has 7 heteroatoms. The highest BCUT2D eigenvalue weighted by Gasteiger charge is 2.25. The van der Waals surface area contributed by atoms with Crippen molar-refractivity contribution in [3.05, 3.63) is 59.5 Å². The molecule has 0 N–H and O–H groups in total. The Morgan fingerprint density at radius 2 is 1.75 bits per heavy atom. The molecule has 0 saturated carbocycles. The van der Waals surface area contributed by atoms with E-state index in [1.807, 2.05) is 60.4 Å². The molecule has 1 fully saturated rings. The summed E-state index contributed by atoms with van der Waals surface area (Å²) in [4.78, 5) is 19.2. The van der Waals surface area contributed by atoms with E-state index in [2.05, 4.69) is 11.0 Å². The Hall–Kier alpha value is -3.19. The zero-order valence-electron chi connectivity index (χ0n) is 18.1. The lowest BCUT2D eigenvalue weighted by atomic mass is 10.1. The average molecular weight is 451 g/mol. The highest BCUT2D eigenvalue weighted by Crippen LogP contribution is 2.37. The lowest BCUT2D eigenvalue weighted by molar-refractivity contribution is 0.0751. The standard InChI is InChI=1S/C25H26N2O4S/c1-2-29-20-6-4-3-5-19(20)26-11-13-27(14-12-26)25(28)24-10-9-23(32-24)18-7-8-21-22(17-18)31-16-15-30-21/h3-10,17H,2,11-16H2,1H3. The fraction of sp³-hybridized carbons (Fsp3) is 0.320. The molecule has 6 nitrogen and oxygen atoms in total. The summed E-state index contributed by atoms with van der Waals surface area (Å²) in [7, 11) is 0. The van der Waals surface area contributed by atoms with Crippen molar-refractivity contribution in [2.45, 2.75) is 6.92 Å². The van der Waals surface area contributed by atoms with Gasteiger partial charge in [0.1, 0.15) is 19.0 Å². The van der Waals surface area contributed by atoms with Gasteiger partial charge >= 0.3 is 0 Å². The summed E-state index contributed by atoms with van der Waals surface area (Å²) < 4.78 is 17.1. The van der Waals surface area contributed by atoms with Crippen LogP contribution < -0.4 is 19.1 Å². The van der Waals surface area contributed by atoms with Crippen LogP contribution in [0.25, 0.3) is 10.4 Å². The third-order valence-electron chi connectivity index (χ3n) is 5.72. The van der Waals surface area contributed by atoms with Crippen molar-refractivity contribution in [1.29, 1.82) is 0 Å². The minimum atomic E-state index is 0.0940. The van der Waals surface area contributed by atoms with E-state index in [1.165, 1.54) is 11.3 Å². The molecule has 1 aromatic heterocycles. The summed E-state index contributed by atoms with van der Waals surface area (Å²) in [6, 6.07) is 18.0. The van der Waals surface area contributed by atoms with Gasteiger partial charge in [-0.15, -0.1) is 11.3 Å². The maximum atomic E-state index is 13.1. The van der Waals surface area contributed by atoms with Crippen molar-refractivity contribution in [1.82, 2.24) is 4.90 Å². The van der Waals surface area contributed by atoms with Crippen LogP contribution in [0.1, 0.15) is 16.6 Å². The van der Waals surface area contributed by atoms with E-state index in [9.17, 15) is 4.79 Å². The molecule has 5 rings (SSSR count). The molecule has 1 amide bonds. The quantitative estimate of drug-likeness (QED) is 0.571. The van der Waals surface area contributed by atoms with Crippen LogP contribution in [-0.4, -0.2) is 56.8 Å². The van der Waals surface area contributed by atoms with Gasteiger partial charge in [0.25, 0.3) is 5.91 Å². The van der Waals surface area contributed by atoms with Crippen LogP contribution in [0.5, 0.6) is 17.2 Å². The maximum absolute atomic E-state index is 13.1. The van der Waals surface area contributed by atoms with Crippen LogP contribution in [0.2, 0.25) is 0 Å². The van der Waals surface area contributed by atoms with Gasteiger partial charge in [0.2, 0.25) is 0 Å². The van der Waals surface area contributed by atoms with Crippen LogP contribution >= 0.6 is 11.3 Å². The van der Waals surface area contributed by atoms with E-state index in [0.717, 1.165) is 51.3 Å². The van der Waals surface area contributed by atoms with Crippen LogP contribution in [0.15, 0.2) is 54.6 Å². The largest absolute Gasteiger partial charge is 0.492 e. The molecule has 166 valence electrons. The van der Waals surface area contributed by atoms with Crippen molar-refractivity contribution in [3.8, 4) is 27.7 Å². The number of rotatable bonds is 5. The first kappa shape index (κ1) is 20.7. The van der Waals surface area contributed by atoms with Gasteiger partial charge in [0.15, 0.2) is 11.5 Å². The second kappa shape index (κ2) is 9.12. The molecule has 0 aliphatic carbocycles. The first-order valence-electron chi connectivity index (χ1n) is 11.0. The Kier molecular flexibility index (Phi) is 5.90. The van der Waals surface area contributed by atoms with Gasteiger partial charge in [-0.25, -0.2) is 0 Å². The number of hydrogen-bond acceptors (Lipinski definition) is 6. The molecule has 0 spiro atoms. The molecule has 2 aliphatic heterocycles. The van der Waals surface area contributed by atoms with E-state index >= 15 is 0 Å². The van der Waals surface area contributed by atoms with Crippen molar-refractivity contribution in [2.24, 2.45) is 0 Å². The highest BCUT2D eigenvalue weighted by molar-refractivity contribution is 7.17. The van der Waals surface area contributed by atoms with E-state index < -0.39 is 0 Å². The number of anilines is 1. The molecular weight excluding hydrogens is 424 g/mol. The topological polar surface area (TPSA) is 51.2 Å². The van der Waals surface area contributed by atoms with Gasteiger partial charge < -0.3 is 24.0 Å². The molecular formula is C25H26N2O4S. The highest BCUT2D eigenvalue weighted by atomic mass is 32.1. The van der Waals surface area contributed by atoms with E-state index in [0.29, 0.717) is 32.9 Å². The number of para-hydroxylation sites is 2. The summed E-state index contributed by atoms with van der Waals surface area (Å²) in [5.41, 5.74) is 2.13. The predicted molar refractivity (Wildman–Crippen MR) is 126 cm³/mol. The SMILES string of the molecule is CCOc1ccccc1N1CCN(C(=O)c2ccc(-c3ccc4c(c3)OCCO4)s2)CC1. The average Bonchev–Trinajstić information content (AvgIpc) is 3.34. The maximum Gasteiger partial charge on any atom is 0.264 e. The van der Waals surface area contributed by atoms with Crippen molar-refractivity contribution < 1.29 is 19.0 Å². The molecule has 32 heavy (non-hydrogen) atoms. The van der Waals surface area contributed by atoms with Gasteiger partial charge in [-0.3, -0.25) is 4.79 Å². The number of hydrogen-bond donors (Lipinski definition) is 0. The van der Waals surface area contributed by atoms with Gasteiger partial charge in [0, 0.05) is 31.1 Å². The minimum absolute atomic E-state index is 0.0940. The zero-order valence-corrected chi connectivity index (χ0v) is 18.9. The molecule has 3 heterocycles. The third kappa shape index (κ3) is 4.12. The Labute approximate surface area is 191 Å². The second-order valence-electron chi connectivity index (χ2n) is 7.70. The minimum Gasteiger partial charge on any atom is -0.492 e. The van der Waals surface area contributed by atoms with Crippen LogP contribution in [0.4, 0.5) is 5.69 Å². The Morgan fingerprint density at radius 3 is 2.56 bits per heavy atom. The summed E-state index contributed by atoms with van der Waals surface area (Å²) in [6.45, 7) is 6.73. The lowest BCUT2D eigenvalue weighted by Gasteiger charge is -2.36. The van der Waals surface area contributed by atoms with Gasteiger partial charge in [-0.05, 0) is 55.0 Å². The number of thiophene rings is 1. The third-order valence-corrected chi connectivity index (χ3v) is 6.84. The van der Waals surface area contributed by atoms with Crippen LogP contribution in [0, 0.1) is 0 Å². The van der Waals surface area contributed by atoms with Gasteiger partial charge in [-0.1, -0.05) is 12.1 Å². The van der Waals surface area contributed by atoms with Crippen LogP contribution in [-0.2, 0) is 0 Å². The Balaban J connectivity index is 1.25. The normalized spacial score (nSPS) is 15.5. The fourth-order valence-corrected chi connectivity index (χ4v) is 5.08. The van der Waals surface area contributed by atoms with E-state index in [-0.39, 0.29) is 5.91 Å². The summed E-state index contributed by atoms with van der Waals surface area (Å²) in [5.74, 6) is 2.53. The van der Waals surface area contributed by atoms with Crippen molar-refractivity contribution in [2.75, 3.05) is 50.9 Å². The van der Waals surface area contributed by atoms with Crippen molar-refractivity contribution >= 4 is 22.9 Å². The number of carbonyl (C=O) groups excluding carboxylic acids is 1. The summed E-state index contributed by atoms with van der Waals surface area (Å²) >= 11 is 1.52. The number of benzene rings is 2. The molecule has 1 saturated heterocycles. The van der Waals surface area contributed by atoms with Crippen LogP contribution in [0.3, 0.4) is 0 Å². The zero-order chi connectivity index (χ0) is 21.9. The molecule has 0 bridgehead atoms. The lowest BCUT2D eigenvalue weighted by Crippen LogP contribution is -2.48. The van der Waals surface area contributed by atoms with Crippen molar-refractivity contribution in [3.63, 3.8) is 0 Å². The molecule has 0 radical (unpaired) electrons. The van der Waals surface area contributed by atoms with E-state index in [1.54, 1.807) is 0 Å². The molecule has 0 unspecified atom stereocenters. The second-order valence-corrected chi connectivity index (χ2v) is 8.79. The summed E-state index contributed by atoms with van der Waals surface area (Å²) in [6.07, 6.45) is 0. The number of nitrogens with zero attached hydrogens (tertiary/aromatic N) is 2. The van der Waals surface area contributed by atoms with E-state index in [4.69, 9.17) is 14.2 Å². The first-order valence-corrected chi connectivity index (χ1v) is 11.8. The first-order chi connectivity index (χ1) is 15.7. The molecule has 2 aliphatic rings. The monoisotopic (exact) mass is 450 g/mol. The predicted octanol–water partition coefficient (Wildman–Crippen LogP) is 4.55. The number of piperazine rings is 1. The molecule has 2 aromatic carbocycles. The Morgan fingerprint density at radius 1 is 0.969 bits per heavy atom. The van der Waals surface area contributed by atoms with Gasteiger partial charge in [0.05, 0.1) is 17.2 Å².